The standard InChI is InChI=1S/C9H16FN/c10-9-7-1-2-8(9)4-6(3-7)5-11/h6-9H,1-5,11H2. The second-order valence-corrected chi connectivity index (χ2v) is 4.12. The third kappa shape index (κ3) is 1.18. The van der Waals surface area contributed by atoms with Crippen LogP contribution in [0.2, 0.25) is 0 Å². The van der Waals surface area contributed by atoms with Gasteiger partial charge in [-0.25, -0.2) is 4.39 Å². The SMILES string of the molecule is NCC1CC2CCC(C1)C2F. The Bertz CT molecular complexity index is 134. The third-order valence-corrected chi connectivity index (χ3v) is 3.41. The molecule has 2 aliphatic carbocycles. The Morgan fingerprint density at radius 2 is 1.73 bits per heavy atom. The van der Waals surface area contributed by atoms with Crippen molar-refractivity contribution >= 4 is 0 Å². The number of nitrogens with two attached hydrogens (primary N) is 1. The summed E-state index contributed by atoms with van der Waals surface area (Å²) < 4.78 is 13.3. The molecule has 2 saturated carbocycles. The molecule has 0 saturated heterocycles. The third-order valence-electron chi connectivity index (χ3n) is 3.41. The topological polar surface area (TPSA) is 26.0 Å². The molecule has 2 rings (SSSR count). The molecule has 2 atom stereocenters. The molecule has 11 heavy (non-hydrogen) atoms. The van der Waals surface area contributed by atoms with Crippen LogP contribution in [0.25, 0.3) is 0 Å². The summed E-state index contributed by atoms with van der Waals surface area (Å²) in [4.78, 5) is 0. The number of halogens is 1. The lowest BCUT2D eigenvalue weighted by atomic mass is 9.80. The molecule has 0 aromatic rings. The minimum absolute atomic E-state index is 0.363. The average Bonchev–Trinajstić information content (AvgIpc) is 2.26. The van der Waals surface area contributed by atoms with Gasteiger partial charge >= 0.3 is 0 Å². The van der Waals surface area contributed by atoms with Gasteiger partial charge in [-0.2, -0.15) is 0 Å². The van der Waals surface area contributed by atoms with Crippen molar-refractivity contribution in [1.82, 2.24) is 0 Å². The first kappa shape index (κ1) is 7.53. The van der Waals surface area contributed by atoms with Gasteiger partial charge in [0.2, 0.25) is 0 Å². The number of alkyl halides is 1. The van der Waals surface area contributed by atoms with E-state index in [0.29, 0.717) is 17.8 Å². The lowest BCUT2D eigenvalue weighted by molar-refractivity contribution is 0.121. The highest BCUT2D eigenvalue weighted by molar-refractivity contribution is 4.92. The van der Waals surface area contributed by atoms with Crippen molar-refractivity contribution in [3.8, 4) is 0 Å². The molecular weight excluding hydrogens is 141 g/mol. The summed E-state index contributed by atoms with van der Waals surface area (Å²) in [6.45, 7) is 0.764. The first-order valence-electron chi connectivity index (χ1n) is 4.65. The molecule has 0 aromatic carbocycles. The number of hydrogen-bond acceptors (Lipinski definition) is 1. The van der Waals surface area contributed by atoms with Crippen molar-refractivity contribution in [3.63, 3.8) is 0 Å². The van der Waals surface area contributed by atoms with Crippen molar-refractivity contribution in [2.24, 2.45) is 23.5 Å². The van der Waals surface area contributed by atoms with Gasteiger partial charge in [-0.05, 0) is 50.0 Å². The normalized spacial score (nSPS) is 49.6. The Kier molecular flexibility index (Phi) is 1.88. The smallest absolute Gasteiger partial charge is 0.106 e. The lowest BCUT2D eigenvalue weighted by Gasteiger charge is -2.29. The number of rotatable bonds is 1. The Hall–Kier alpha value is -0.110. The van der Waals surface area contributed by atoms with Crippen molar-refractivity contribution < 1.29 is 4.39 Å². The maximum atomic E-state index is 13.3. The predicted octanol–water partition coefficient (Wildman–Crippen LogP) is 1.72. The Morgan fingerprint density at radius 3 is 2.18 bits per heavy atom. The fraction of sp³-hybridized carbons (Fsp3) is 1.00. The molecule has 0 heterocycles. The van der Waals surface area contributed by atoms with E-state index in [1.54, 1.807) is 0 Å². The van der Waals surface area contributed by atoms with E-state index in [2.05, 4.69) is 0 Å². The highest BCUT2D eigenvalue weighted by Crippen LogP contribution is 2.46. The molecule has 2 N–H and O–H groups in total. The zero-order chi connectivity index (χ0) is 7.84. The number of fused-ring (bicyclic) bond motifs is 2. The molecule has 2 bridgehead atoms. The maximum absolute atomic E-state index is 13.3. The van der Waals surface area contributed by atoms with Crippen LogP contribution in [0.4, 0.5) is 4.39 Å². The van der Waals surface area contributed by atoms with Crippen LogP contribution in [-0.4, -0.2) is 12.7 Å². The van der Waals surface area contributed by atoms with Crippen molar-refractivity contribution in [2.45, 2.75) is 31.9 Å². The van der Waals surface area contributed by atoms with Gasteiger partial charge in [0.15, 0.2) is 0 Å². The van der Waals surface area contributed by atoms with Crippen LogP contribution in [-0.2, 0) is 0 Å². The van der Waals surface area contributed by atoms with Gasteiger partial charge in [0, 0.05) is 0 Å². The summed E-state index contributed by atoms with van der Waals surface area (Å²) in [5.41, 5.74) is 5.58. The highest BCUT2D eigenvalue weighted by Gasteiger charge is 2.42. The van der Waals surface area contributed by atoms with Crippen LogP contribution in [0, 0.1) is 17.8 Å². The van der Waals surface area contributed by atoms with Gasteiger partial charge in [-0.3, -0.25) is 0 Å². The molecule has 0 amide bonds. The van der Waals surface area contributed by atoms with E-state index in [1.807, 2.05) is 0 Å². The zero-order valence-electron chi connectivity index (χ0n) is 6.80. The second kappa shape index (κ2) is 2.74. The molecule has 0 aliphatic heterocycles. The lowest BCUT2D eigenvalue weighted by Crippen LogP contribution is -2.30. The van der Waals surface area contributed by atoms with Gasteiger partial charge in [0.1, 0.15) is 6.17 Å². The number of hydrogen-bond donors (Lipinski definition) is 1. The van der Waals surface area contributed by atoms with Crippen LogP contribution in [0.1, 0.15) is 25.7 Å². The van der Waals surface area contributed by atoms with Crippen LogP contribution in [0.3, 0.4) is 0 Å². The van der Waals surface area contributed by atoms with Crippen molar-refractivity contribution in [1.29, 1.82) is 0 Å². The zero-order valence-corrected chi connectivity index (χ0v) is 6.80. The van der Waals surface area contributed by atoms with E-state index in [4.69, 9.17) is 5.73 Å². The fourth-order valence-electron chi connectivity index (χ4n) is 2.77. The molecule has 2 fully saturated rings. The Morgan fingerprint density at radius 1 is 1.18 bits per heavy atom. The highest BCUT2D eigenvalue weighted by atomic mass is 19.1. The second-order valence-electron chi connectivity index (χ2n) is 4.12. The average molecular weight is 157 g/mol. The molecule has 2 heteroatoms. The molecule has 2 unspecified atom stereocenters. The summed E-state index contributed by atoms with van der Waals surface area (Å²) in [6, 6.07) is 0. The molecular formula is C9H16FN. The maximum Gasteiger partial charge on any atom is 0.106 e. The van der Waals surface area contributed by atoms with E-state index >= 15 is 0 Å². The summed E-state index contributed by atoms with van der Waals surface area (Å²) >= 11 is 0. The van der Waals surface area contributed by atoms with E-state index < -0.39 is 6.17 Å². The quantitative estimate of drug-likeness (QED) is 0.616. The summed E-state index contributed by atoms with van der Waals surface area (Å²) in [5, 5.41) is 0. The molecule has 64 valence electrons. The predicted molar refractivity (Wildman–Crippen MR) is 42.9 cm³/mol. The van der Waals surface area contributed by atoms with Crippen LogP contribution in [0.5, 0.6) is 0 Å². The van der Waals surface area contributed by atoms with E-state index in [-0.39, 0.29) is 0 Å². The Labute approximate surface area is 67.2 Å². The van der Waals surface area contributed by atoms with Crippen molar-refractivity contribution in [3.05, 3.63) is 0 Å². The molecule has 0 spiro atoms. The molecule has 2 aliphatic rings. The van der Waals surface area contributed by atoms with Crippen LogP contribution in [0.15, 0.2) is 0 Å². The summed E-state index contributed by atoms with van der Waals surface area (Å²) in [6.07, 6.45) is 3.84. The van der Waals surface area contributed by atoms with Gasteiger partial charge in [-0.1, -0.05) is 0 Å². The van der Waals surface area contributed by atoms with Crippen LogP contribution >= 0.6 is 0 Å². The molecule has 1 nitrogen and oxygen atoms in total. The first-order chi connectivity index (χ1) is 5.31. The van der Waals surface area contributed by atoms with E-state index in [9.17, 15) is 4.39 Å². The van der Waals surface area contributed by atoms with E-state index in [1.165, 1.54) is 0 Å². The molecule has 0 aromatic heterocycles. The van der Waals surface area contributed by atoms with Gasteiger partial charge in [0.05, 0.1) is 0 Å². The fourth-order valence-corrected chi connectivity index (χ4v) is 2.77. The van der Waals surface area contributed by atoms with Gasteiger partial charge in [0.25, 0.3) is 0 Å². The van der Waals surface area contributed by atoms with Crippen molar-refractivity contribution in [2.75, 3.05) is 6.54 Å². The van der Waals surface area contributed by atoms with Gasteiger partial charge in [-0.15, -0.1) is 0 Å². The minimum atomic E-state index is -0.488. The van der Waals surface area contributed by atoms with Gasteiger partial charge < -0.3 is 5.73 Å². The minimum Gasteiger partial charge on any atom is -0.330 e. The Balaban J connectivity index is 2.02. The summed E-state index contributed by atoms with van der Waals surface area (Å²) in [5.74, 6) is 1.35. The largest absolute Gasteiger partial charge is 0.330 e. The first-order valence-corrected chi connectivity index (χ1v) is 4.65. The molecule has 0 radical (unpaired) electrons. The van der Waals surface area contributed by atoms with E-state index in [0.717, 1.165) is 32.2 Å². The summed E-state index contributed by atoms with van der Waals surface area (Å²) in [7, 11) is 0. The monoisotopic (exact) mass is 157 g/mol. The van der Waals surface area contributed by atoms with Crippen LogP contribution < -0.4 is 5.73 Å².